The van der Waals surface area contributed by atoms with E-state index in [0.717, 1.165) is 39.7 Å². The molecule has 0 unspecified atom stereocenters. The van der Waals surface area contributed by atoms with Crippen LogP contribution in [0, 0.1) is 0 Å². The Morgan fingerprint density at radius 3 is 1.56 bits per heavy atom. The lowest BCUT2D eigenvalue weighted by molar-refractivity contribution is 0.489. The van der Waals surface area contributed by atoms with Crippen LogP contribution < -0.4 is 20.0 Å². The highest BCUT2D eigenvalue weighted by atomic mass is 32.2. The topological polar surface area (TPSA) is 12.5 Å². The van der Waals surface area contributed by atoms with E-state index in [9.17, 15) is 0 Å². The van der Waals surface area contributed by atoms with Crippen LogP contribution in [-0.2, 0) is 16.2 Å². The Bertz CT molecular complexity index is 4110. The second-order valence-electron chi connectivity index (χ2n) is 24.0. The number of hydrogen-bond acceptors (Lipinski definition) is 3. The quantitative estimate of drug-likeness (QED) is 0.126. The number of nitrogens with zero attached hydrogens (tertiary/aromatic N) is 1. The van der Waals surface area contributed by atoms with Crippen LogP contribution in [0.3, 0.4) is 0 Å². The van der Waals surface area contributed by atoms with Crippen LogP contribution in [-0.4, -0.2) is 8.07 Å². The molecular weight excluding hydrogens is 967 g/mol. The van der Waals surface area contributed by atoms with Crippen LogP contribution in [0.15, 0.2) is 222 Å². The van der Waals surface area contributed by atoms with E-state index in [-0.39, 0.29) is 16.2 Å². The molecule has 11 aromatic rings. The lowest BCUT2D eigenvalue weighted by Gasteiger charge is -2.37. The van der Waals surface area contributed by atoms with Crippen molar-refractivity contribution in [2.24, 2.45) is 0 Å². The molecular formula is C73H59NOSSi. The lowest BCUT2D eigenvalue weighted by atomic mass is 9.75. The van der Waals surface area contributed by atoms with Crippen LogP contribution in [0.5, 0.6) is 11.5 Å². The van der Waals surface area contributed by atoms with E-state index in [1.54, 1.807) is 0 Å². The number of ether oxygens (including phenoxy) is 1. The van der Waals surface area contributed by atoms with Crippen molar-refractivity contribution in [3.05, 3.63) is 246 Å². The summed E-state index contributed by atoms with van der Waals surface area (Å²) in [4.78, 5) is 5.21. The van der Waals surface area contributed by atoms with Crippen molar-refractivity contribution in [1.82, 2.24) is 0 Å². The molecule has 0 bridgehead atoms. The summed E-state index contributed by atoms with van der Waals surface area (Å²) in [6.07, 6.45) is 0. The third-order valence-corrected chi connectivity index (χ3v) is 23.1. The molecule has 4 heteroatoms. The second kappa shape index (κ2) is 16.3. The van der Waals surface area contributed by atoms with Crippen molar-refractivity contribution in [3.63, 3.8) is 0 Å². The highest BCUT2D eigenvalue weighted by molar-refractivity contribution is 7.99. The van der Waals surface area contributed by atoms with Gasteiger partial charge in [-0.2, -0.15) is 0 Å². The zero-order valence-electron chi connectivity index (χ0n) is 45.0. The van der Waals surface area contributed by atoms with Crippen LogP contribution in [0.4, 0.5) is 17.1 Å². The minimum absolute atomic E-state index is 0.0588. The van der Waals surface area contributed by atoms with Gasteiger partial charge in [-0.1, -0.05) is 248 Å². The highest BCUT2D eigenvalue weighted by Crippen LogP contribution is 2.60. The summed E-state index contributed by atoms with van der Waals surface area (Å²) in [6, 6.07) is 80.0. The van der Waals surface area contributed by atoms with Crippen LogP contribution in [0.1, 0.15) is 74.9 Å². The largest absolute Gasteiger partial charge is 0.456 e. The molecule has 2 heterocycles. The first-order valence-corrected chi connectivity index (χ1v) is 31.1. The molecule has 2 aliphatic carbocycles. The van der Waals surface area contributed by atoms with Gasteiger partial charge in [0.1, 0.15) is 19.6 Å². The molecule has 0 spiro atoms. The number of benzene rings is 11. The Hall–Kier alpha value is -7.89. The van der Waals surface area contributed by atoms with E-state index in [1.165, 1.54) is 108 Å². The van der Waals surface area contributed by atoms with Crippen LogP contribution in [0.25, 0.3) is 66.1 Å². The summed E-state index contributed by atoms with van der Waals surface area (Å²) in [6.45, 7) is 19.3. The van der Waals surface area contributed by atoms with Crippen LogP contribution >= 0.6 is 11.8 Å². The van der Waals surface area contributed by atoms with Gasteiger partial charge in [0.25, 0.3) is 0 Å². The minimum atomic E-state index is -2.19. The summed E-state index contributed by atoms with van der Waals surface area (Å²) in [5.41, 5.74) is 21.4. The second-order valence-corrected chi connectivity index (χ2v) is 29.3. The molecule has 0 amide bonds. The fourth-order valence-corrected chi connectivity index (χ4v) is 18.7. The minimum Gasteiger partial charge on any atom is -0.456 e. The smallest absolute Gasteiger partial charge is 0.135 e. The van der Waals surface area contributed by atoms with Gasteiger partial charge in [0.05, 0.1) is 5.69 Å². The number of anilines is 3. The van der Waals surface area contributed by atoms with Gasteiger partial charge in [-0.05, 0) is 118 Å². The van der Waals surface area contributed by atoms with E-state index >= 15 is 0 Å². The molecule has 4 aliphatic rings. The molecule has 0 fully saturated rings. The molecule has 77 heavy (non-hydrogen) atoms. The summed E-state index contributed by atoms with van der Waals surface area (Å²) in [7, 11) is -2.19. The van der Waals surface area contributed by atoms with Crippen molar-refractivity contribution in [1.29, 1.82) is 0 Å². The Labute approximate surface area is 458 Å². The van der Waals surface area contributed by atoms with Gasteiger partial charge in [-0.3, -0.25) is 0 Å². The van der Waals surface area contributed by atoms with Crippen molar-refractivity contribution in [3.8, 4) is 56.0 Å². The number of para-hydroxylation sites is 1. The Balaban J connectivity index is 0.847. The number of rotatable bonds is 5. The third-order valence-electron chi connectivity index (χ3n) is 18.4. The molecule has 15 rings (SSSR count). The van der Waals surface area contributed by atoms with Gasteiger partial charge in [0, 0.05) is 59.5 Å². The first-order valence-electron chi connectivity index (χ1n) is 27.3. The predicted molar refractivity (Wildman–Crippen MR) is 328 cm³/mol. The maximum atomic E-state index is 7.37. The van der Waals surface area contributed by atoms with E-state index in [1.807, 2.05) is 11.8 Å². The Kier molecular flexibility index (Phi) is 9.83. The molecule has 0 radical (unpaired) electrons. The average Bonchev–Trinajstić information content (AvgIpc) is 4.12. The summed E-state index contributed by atoms with van der Waals surface area (Å²) < 4.78 is 7.37. The Morgan fingerprint density at radius 2 is 0.857 bits per heavy atom. The third kappa shape index (κ3) is 6.49. The first kappa shape index (κ1) is 46.4. The SMILES string of the molecule is CC1(C)c2cccc(-c3ccc(N(c4ccc(-c5cccc6c5Oc5c(ccc7c5-c5ccccc5C7(C)C)[Si]6(C)C)cc4)c4cc5ccccc5c5ccccc45)cc3)c2Sc2c1ccc1c2-c2ccccc2C1(C)C. The summed E-state index contributed by atoms with van der Waals surface area (Å²) >= 11 is 1.97. The van der Waals surface area contributed by atoms with Gasteiger partial charge in [-0.15, -0.1) is 0 Å². The lowest BCUT2D eigenvalue weighted by Crippen LogP contribution is -2.56. The molecule has 372 valence electrons. The number of hydrogen-bond donors (Lipinski definition) is 0. The van der Waals surface area contributed by atoms with Gasteiger partial charge < -0.3 is 9.64 Å². The molecule has 0 atom stereocenters. The predicted octanol–water partition coefficient (Wildman–Crippen LogP) is 19.1. The standard InChI is InChI=1S/C73H59NOSSi/c1-71(2)56-27-15-13-23-54(56)65-58(71)41-42-64-68(65)75-67-50(25-18-30-63(67)77(64,7)8)44-31-35-47(36-32-44)74(62-43-46-19-9-10-20-49(46)52-21-11-12-22-53(52)62)48-37-33-45(34-38-48)51-26-17-29-60-69(51)76-70-61(73(60,5)6)40-39-59-66(70)55-24-14-16-28-57(55)72(59,3)4/h9-43H,1-8H3. The van der Waals surface area contributed by atoms with E-state index in [2.05, 4.69) is 272 Å². The zero-order valence-corrected chi connectivity index (χ0v) is 46.8. The highest BCUT2D eigenvalue weighted by Gasteiger charge is 2.45. The monoisotopic (exact) mass is 1030 g/mol. The fraction of sp³-hybridized carbons (Fsp3) is 0.151. The van der Waals surface area contributed by atoms with Crippen molar-refractivity contribution < 1.29 is 4.74 Å². The molecule has 0 saturated heterocycles. The first-order chi connectivity index (χ1) is 37.2. The zero-order chi connectivity index (χ0) is 52.3. The molecule has 2 aliphatic heterocycles. The van der Waals surface area contributed by atoms with Gasteiger partial charge in [0.15, 0.2) is 0 Å². The molecule has 11 aromatic carbocycles. The van der Waals surface area contributed by atoms with Crippen molar-refractivity contribution in [2.75, 3.05) is 4.90 Å². The Morgan fingerprint density at radius 1 is 0.377 bits per heavy atom. The summed E-state index contributed by atoms with van der Waals surface area (Å²) in [5.74, 6) is 2.05. The molecule has 0 saturated carbocycles. The maximum absolute atomic E-state index is 7.37. The average molecular weight is 1030 g/mol. The molecule has 2 nitrogen and oxygen atoms in total. The normalized spacial score (nSPS) is 16.0. The summed E-state index contributed by atoms with van der Waals surface area (Å²) in [5, 5.41) is 7.62. The van der Waals surface area contributed by atoms with E-state index in [0.29, 0.717) is 0 Å². The van der Waals surface area contributed by atoms with Crippen LogP contribution in [0.2, 0.25) is 13.1 Å². The van der Waals surface area contributed by atoms with Gasteiger partial charge in [0.2, 0.25) is 0 Å². The maximum Gasteiger partial charge on any atom is 0.135 e. The van der Waals surface area contributed by atoms with E-state index < -0.39 is 8.07 Å². The fourth-order valence-electron chi connectivity index (χ4n) is 14.2. The molecule has 0 aromatic heterocycles. The van der Waals surface area contributed by atoms with Crippen molar-refractivity contribution in [2.45, 2.75) is 80.7 Å². The number of fused-ring (bicyclic) bond motifs is 15. The van der Waals surface area contributed by atoms with E-state index in [4.69, 9.17) is 4.74 Å². The van der Waals surface area contributed by atoms with Gasteiger partial charge in [-0.25, -0.2) is 0 Å². The molecule has 0 N–H and O–H groups in total. The van der Waals surface area contributed by atoms with Gasteiger partial charge >= 0.3 is 0 Å². The van der Waals surface area contributed by atoms with Crippen molar-refractivity contribution >= 4 is 68.8 Å².